The van der Waals surface area contributed by atoms with E-state index in [1.807, 2.05) is 36.4 Å². The van der Waals surface area contributed by atoms with Crippen LogP contribution in [0.25, 0.3) is 10.8 Å². The van der Waals surface area contributed by atoms with Crippen LogP contribution in [-0.2, 0) is 9.53 Å². The van der Waals surface area contributed by atoms with Crippen molar-refractivity contribution < 1.29 is 19.1 Å². The number of hydrogen-bond donors (Lipinski definition) is 1. The molecule has 138 valence electrons. The second-order valence-corrected chi connectivity index (χ2v) is 6.49. The summed E-state index contributed by atoms with van der Waals surface area (Å²) in [6, 6.07) is 18.3. The van der Waals surface area contributed by atoms with E-state index in [9.17, 15) is 9.59 Å². The van der Waals surface area contributed by atoms with Gasteiger partial charge in [-0.1, -0.05) is 42.5 Å². The van der Waals surface area contributed by atoms with Crippen LogP contribution < -0.4 is 10.1 Å². The number of rotatable bonds is 6. The quantitative estimate of drug-likeness (QED) is 0.573. The average molecular weight is 428 g/mol. The van der Waals surface area contributed by atoms with Crippen molar-refractivity contribution in [3.63, 3.8) is 0 Å². The Morgan fingerprint density at radius 1 is 1.00 bits per heavy atom. The molecule has 0 aliphatic rings. The van der Waals surface area contributed by atoms with Gasteiger partial charge in [-0.3, -0.25) is 4.79 Å². The summed E-state index contributed by atoms with van der Waals surface area (Å²) in [6.45, 7) is 1.81. The van der Waals surface area contributed by atoms with Gasteiger partial charge in [-0.15, -0.1) is 0 Å². The largest absolute Gasteiger partial charge is 0.483 e. The summed E-state index contributed by atoms with van der Waals surface area (Å²) >= 11 is 3.53. The Morgan fingerprint density at radius 2 is 1.74 bits per heavy atom. The van der Waals surface area contributed by atoms with Crippen LogP contribution in [0.15, 0.2) is 65.1 Å². The molecule has 0 saturated carbocycles. The standard InChI is InChI=1S/C21H18BrNO4/c1-2-26-21(25)16-9-5-6-10-17(16)23-19(24)13-27-18-12-11-14-7-3-4-8-15(14)20(18)22/h3-12H,2,13H2,1H3,(H,23,24). The molecule has 27 heavy (non-hydrogen) atoms. The van der Waals surface area contributed by atoms with Crippen LogP contribution in [-0.4, -0.2) is 25.1 Å². The first-order chi connectivity index (χ1) is 13.1. The predicted molar refractivity (Wildman–Crippen MR) is 108 cm³/mol. The van der Waals surface area contributed by atoms with Gasteiger partial charge in [0.2, 0.25) is 0 Å². The van der Waals surface area contributed by atoms with E-state index in [4.69, 9.17) is 9.47 Å². The minimum atomic E-state index is -0.480. The Morgan fingerprint density at radius 3 is 2.56 bits per heavy atom. The molecule has 0 heterocycles. The number of esters is 1. The summed E-state index contributed by atoms with van der Waals surface area (Å²) in [6.07, 6.45) is 0. The van der Waals surface area contributed by atoms with E-state index in [-0.39, 0.29) is 19.1 Å². The van der Waals surface area contributed by atoms with Gasteiger partial charge >= 0.3 is 5.97 Å². The fourth-order valence-electron chi connectivity index (χ4n) is 2.63. The van der Waals surface area contributed by atoms with Gasteiger partial charge in [-0.2, -0.15) is 0 Å². The maximum atomic E-state index is 12.3. The number of carbonyl (C=O) groups is 2. The van der Waals surface area contributed by atoms with E-state index in [1.54, 1.807) is 31.2 Å². The Labute approximate surface area is 165 Å². The summed E-state index contributed by atoms with van der Waals surface area (Å²) in [5.74, 6) is -0.277. The Kier molecular flexibility index (Phi) is 6.08. The number of nitrogens with one attached hydrogen (secondary N) is 1. The topological polar surface area (TPSA) is 64.6 Å². The van der Waals surface area contributed by atoms with E-state index in [0.29, 0.717) is 17.0 Å². The van der Waals surface area contributed by atoms with Crippen molar-refractivity contribution in [2.24, 2.45) is 0 Å². The molecule has 0 bridgehead atoms. The number of benzene rings is 3. The van der Waals surface area contributed by atoms with E-state index in [2.05, 4.69) is 21.2 Å². The van der Waals surface area contributed by atoms with Crippen molar-refractivity contribution in [2.45, 2.75) is 6.92 Å². The molecule has 0 radical (unpaired) electrons. The van der Waals surface area contributed by atoms with Gasteiger partial charge in [0.15, 0.2) is 6.61 Å². The predicted octanol–water partition coefficient (Wildman–Crippen LogP) is 4.80. The third-order valence-electron chi connectivity index (χ3n) is 3.88. The van der Waals surface area contributed by atoms with Gasteiger partial charge in [-0.05, 0) is 51.8 Å². The molecule has 1 N–H and O–H groups in total. The van der Waals surface area contributed by atoms with Crippen LogP contribution in [0.1, 0.15) is 17.3 Å². The maximum Gasteiger partial charge on any atom is 0.340 e. The van der Waals surface area contributed by atoms with Crippen LogP contribution in [0.4, 0.5) is 5.69 Å². The molecule has 0 fully saturated rings. The van der Waals surface area contributed by atoms with Crippen molar-refractivity contribution >= 4 is 44.3 Å². The molecule has 0 saturated heterocycles. The molecule has 0 unspecified atom stereocenters. The highest BCUT2D eigenvalue weighted by Gasteiger charge is 2.15. The molecule has 5 nitrogen and oxygen atoms in total. The van der Waals surface area contributed by atoms with Crippen LogP contribution in [0, 0.1) is 0 Å². The molecule has 0 aliphatic carbocycles. The fourth-order valence-corrected chi connectivity index (χ4v) is 3.24. The van der Waals surface area contributed by atoms with Crippen molar-refractivity contribution in [1.29, 1.82) is 0 Å². The van der Waals surface area contributed by atoms with Gasteiger partial charge in [0.25, 0.3) is 5.91 Å². The first kappa shape index (κ1) is 18.9. The molecule has 6 heteroatoms. The first-order valence-electron chi connectivity index (χ1n) is 8.46. The van der Waals surface area contributed by atoms with Gasteiger partial charge in [-0.25, -0.2) is 4.79 Å². The van der Waals surface area contributed by atoms with Crippen molar-refractivity contribution in [1.82, 2.24) is 0 Å². The second kappa shape index (κ2) is 8.68. The molecular formula is C21H18BrNO4. The number of anilines is 1. The highest BCUT2D eigenvalue weighted by atomic mass is 79.9. The van der Waals surface area contributed by atoms with Crippen LogP contribution in [0.2, 0.25) is 0 Å². The normalized spacial score (nSPS) is 10.4. The molecular weight excluding hydrogens is 410 g/mol. The minimum Gasteiger partial charge on any atom is -0.483 e. The monoisotopic (exact) mass is 427 g/mol. The highest BCUT2D eigenvalue weighted by Crippen LogP contribution is 2.33. The molecule has 0 aliphatic heterocycles. The van der Waals surface area contributed by atoms with Crippen LogP contribution >= 0.6 is 15.9 Å². The Hall–Kier alpha value is -2.86. The molecule has 0 aromatic heterocycles. The highest BCUT2D eigenvalue weighted by molar-refractivity contribution is 9.10. The number of hydrogen-bond acceptors (Lipinski definition) is 4. The summed E-state index contributed by atoms with van der Waals surface area (Å²) in [4.78, 5) is 24.3. The van der Waals surface area contributed by atoms with E-state index < -0.39 is 5.97 Å². The van der Waals surface area contributed by atoms with Gasteiger partial charge in [0, 0.05) is 0 Å². The summed E-state index contributed by atoms with van der Waals surface area (Å²) < 4.78 is 11.5. The van der Waals surface area contributed by atoms with Gasteiger partial charge in [0.05, 0.1) is 22.3 Å². The summed E-state index contributed by atoms with van der Waals surface area (Å²) in [5, 5.41) is 4.77. The number of halogens is 1. The van der Waals surface area contributed by atoms with Gasteiger partial charge in [0.1, 0.15) is 5.75 Å². The lowest BCUT2D eigenvalue weighted by atomic mass is 10.1. The molecule has 1 amide bonds. The average Bonchev–Trinajstić information content (AvgIpc) is 2.68. The van der Waals surface area contributed by atoms with Gasteiger partial charge < -0.3 is 14.8 Å². The zero-order valence-corrected chi connectivity index (χ0v) is 16.3. The summed E-state index contributed by atoms with van der Waals surface area (Å²) in [7, 11) is 0. The maximum absolute atomic E-state index is 12.3. The summed E-state index contributed by atoms with van der Waals surface area (Å²) in [5.41, 5.74) is 0.696. The van der Waals surface area contributed by atoms with E-state index in [1.165, 1.54) is 0 Å². The van der Waals surface area contributed by atoms with Crippen molar-refractivity contribution in [2.75, 3.05) is 18.5 Å². The number of amides is 1. The lowest BCUT2D eigenvalue weighted by Crippen LogP contribution is -2.22. The third kappa shape index (κ3) is 4.46. The number of ether oxygens (including phenoxy) is 2. The van der Waals surface area contributed by atoms with Crippen molar-refractivity contribution in [3.05, 3.63) is 70.7 Å². The first-order valence-corrected chi connectivity index (χ1v) is 9.25. The van der Waals surface area contributed by atoms with E-state index >= 15 is 0 Å². The molecule has 3 aromatic rings. The minimum absolute atomic E-state index is 0.186. The number of fused-ring (bicyclic) bond motifs is 1. The SMILES string of the molecule is CCOC(=O)c1ccccc1NC(=O)COc1ccc2ccccc2c1Br. The third-order valence-corrected chi connectivity index (χ3v) is 4.70. The number of carbonyl (C=O) groups excluding carboxylic acids is 2. The lowest BCUT2D eigenvalue weighted by molar-refractivity contribution is -0.118. The fraction of sp³-hybridized carbons (Fsp3) is 0.143. The van der Waals surface area contributed by atoms with Crippen molar-refractivity contribution in [3.8, 4) is 5.75 Å². The van der Waals surface area contributed by atoms with E-state index in [0.717, 1.165) is 15.2 Å². The zero-order valence-electron chi connectivity index (χ0n) is 14.7. The Bertz CT molecular complexity index is 987. The Balaban J connectivity index is 1.69. The van der Waals surface area contributed by atoms with Crippen LogP contribution in [0.5, 0.6) is 5.75 Å². The van der Waals surface area contributed by atoms with Crippen LogP contribution in [0.3, 0.4) is 0 Å². The lowest BCUT2D eigenvalue weighted by Gasteiger charge is -2.12. The smallest absolute Gasteiger partial charge is 0.340 e. The number of para-hydroxylation sites is 1. The molecule has 0 spiro atoms. The second-order valence-electron chi connectivity index (χ2n) is 5.70. The molecule has 0 atom stereocenters. The molecule has 3 aromatic carbocycles. The zero-order chi connectivity index (χ0) is 19.2. The molecule has 3 rings (SSSR count).